The number of hydrogen-bond donors (Lipinski definition) is 2. The molecule has 0 fully saturated rings. The number of carbonyl (C=O) groups is 1. The van der Waals surface area contributed by atoms with Crippen LogP contribution >= 0.6 is 11.3 Å². The molecule has 0 atom stereocenters. The number of carbonyl (C=O) groups excluding carboxylic acids is 1. The van der Waals surface area contributed by atoms with Crippen LogP contribution in [0.1, 0.15) is 35.9 Å². The second kappa shape index (κ2) is 6.02. The summed E-state index contributed by atoms with van der Waals surface area (Å²) in [4.78, 5) is 31.9. The number of thiazole rings is 1. The molecule has 0 aromatic carbocycles. The predicted molar refractivity (Wildman–Crippen MR) is 83.8 cm³/mol. The van der Waals surface area contributed by atoms with Crippen molar-refractivity contribution in [1.82, 2.24) is 24.9 Å². The molecule has 0 spiro atoms. The van der Waals surface area contributed by atoms with Gasteiger partial charge in [-0.2, -0.15) is 0 Å². The second-order valence-corrected chi connectivity index (χ2v) is 5.76. The summed E-state index contributed by atoms with van der Waals surface area (Å²) >= 11 is 1.36. The number of H-pyrrole nitrogens is 1. The van der Waals surface area contributed by atoms with Crippen LogP contribution in [0.5, 0.6) is 0 Å². The Morgan fingerprint density at radius 1 is 1.36 bits per heavy atom. The van der Waals surface area contributed by atoms with E-state index >= 15 is 0 Å². The summed E-state index contributed by atoms with van der Waals surface area (Å²) in [5.41, 5.74) is 1.75. The predicted octanol–water partition coefficient (Wildman–Crippen LogP) is 2.70. The van der Waals surface area contributed by atoms with Gasteiger partial charge in [0.1, 0.15) is 12.0 Å². The van der Waals surface area contributed by atoms with Gasteiger partial charge in [0, 0.05) is 17.8 Å². The number of hydrogen-bond acceptors (Lipinski definition) is 6. The monoisotopic (exact) mass is 314 g/mol. The highest BCUT2D eigenvalue weighted by Gasteiger charge is 2.16. The van der Waals surface area contributed by atoms with Crippen LogP contribution in [0.2, 0.25) is 0 Å². The maximum absolute atomic E-state index is 12.3. The number of aromatic amines is 1. The molecular formula is C14H14N6OS. The minimum Gasteiger partial charge on any atom is -0.343 e. The summed E-state index contributed by atoms with van der Waals surface area (Å²) in [6.45, 7) is 4.02. The SMILES string of the molecule is CC(C)c1ncncc1NC(=O)c1csc(-c2ncc[nH]2)n1. The second-order valence-electron chi connectivity index (χ2n) is 4.91. The standard InChI is InChI=1S/C14H14N6OS/c1-8(2)11-9(5-15-7-18-11)19-13(21)10-6-22-14(20-10)12-16-3-4-17-12/h3-8H,1-2H3,(H,16,17)(H,19,21). The van der Waals surface area contributed by atoms with Crippen LogP contribution in [0.25, 0.3) is 10.8 Å². The minimum absolute atomic E-state index is 0.187. The lowest BCUT2D eigenvalue weighted by molar-refractivity contribution is 0.102. The van der Waals surface area contributed by atoms with Crippen LogP contribution in [-0.4, -0.2) is 30.8 Å². The van der Waals surface area contributed by atoms with Crippen LogP contribution in [0.3, 0.4) is 0 Å². The summed E-state index contributed by atoms with van der Waals surface area (Å²) in [6, 6.07) is 0. The Labute approximate surface area is 130 Å². The number of nitrogens with one attached hydrogen (secondary N) is 2. The molecule has 3 heterocycles. The quantitative estimate of drug-likeness (QED) is 0.771. The van der Waals surface area contributed by atoms with Crippen molar-refractivity contribution >= 4 is 22.9 Å². The van der Waals surface area contributed by atoms with Crippen molar-refractivity contribution < 1.29 is 4.79 Å². The molecule has 0 aliphatic heterocycles. The Hall–Kier alpha value is -2.61. The first kappa shape index (κ1) is 14.3. The van der Waals surface area contributed by atoms with E-state index < -0.39 is 0 Å². The van der Waals surface area contributed by atoms with Crippen molar-refractivity contribution in [3.05, 3.63) is 41.7 Å². The maximum atomic E-state index is 12.3. The van der Waals surface area contributed by atoms with Gasteiger partial charge in [-0.1, -0.05) is 13.8 Å². The third-order valence-electron chi connectivity index (χ3n) is 2.98. The van der Waals surface area contributed by atoms with Gasteiger partial charge in [0.05, 0.1) is 17.6 Å². The molecule has 0 saturated carbocycles. The lowest BCUT2D eigenvalue weighted by atomic mass is 10.1. The van der Waals surface area contributed by atoms with Gasteiger partial charge in [-0.15, -0.1) is 11.3 Å². The van der Waals surface area contributed by atoms with Crippen molar-refractivity contribution in [2.45, 2.75) is 19.8 Å². The van der Waals surface area contributed by atoms with Crippen LogP contribution in [-0.2, 0) is 0 Å². The summed E-state index contributed by atoms with van der Waals surface area (Å²) in [6.07, 6.45) is 6.43. The van der Waals surface area contributed by atoms with Crippen molar-refractivity contribution in [2.75, 3.05) is 5.32 Å². The van der Waals surface area contributed by atoms with E-state index in [-0.39, 0.29) is 11.8 Å². The van der Waals surface area contributed by atoms with Crippen molar-refractivity contribution in [2.24, 2.45) is 0 Å². The summed E-state index contributed by atoms with van der Waals surface area (Å²) < 4.78 is 0. The highest BCUT2D eigenvalue weighted by atomic mass is 32.1. The van der Waals surface area contributed by atoms with Crippen molar-refractivity contribution in [3.8, 4) is 10.8 Å². The third-order valence-corrected chi connectivity index (χ3v) is 3.82. The third kappa shape index (κ3) is 2.86. The van der Waals surface area contributed by atoms with E-state index in [0.29, 0.717) is 22.2 Å². The van der Waals surface area contributed by atoms with Gasteiger partial charge in [-0.25, -0.2) is 19.9 Å². The number of rotatable bonds is 4. The van der Waals surface area contributed by atoms with Gasteiger partial charge in [0.2, 0.25) is 0 Å². The molecule has 1 amide bonds. The number of nitrogens with zero attached hydrogens (tertiary/aromatic N) is 4. The fourth-order valence-corrected chi connectivity index (χ4v) is 2.71. The normalized spacial score (nSPS) is 10.9. The molecule has 2 N–H and O–H groups in total. The zero-order valence-corrected chi connectivity index (χ0v) is 12.9. The maximum Gasteiger partial charge on any atom is 0.275 e. The molecular weight excluding hydrogens is 300 g/mol. The van der Waals surface area contributed by atoms with Gasteiger partial charge in [-0.3, -0.25) is 4.79 Å². The number of aromatic nitrogens is 5. The average molecular weight is 314 g/mol. The first-order valence-electron chi connectivity index (χ1n) is 6.71. The average Bonchev–Trinajstić information content (AvgIpc) is 3.18. The van der Waals surface area contributed by atoms with E-state index in [1.807, 2.05) is 13.8 Å². The van der Waals surface area contributed by atoms with Gasteiger partial charge in [0.15, 0.2) is 10.8 Å². The Balaban J connectivity index is 1.81. The Kier molecular flexibility index (Phi) is 3.92. The molecule has 112 valence electrons. The van der Waals surface area contributed by atoms with E-state index in [9.17, 15) is 4.79 Å². The van der Waals surface area contributed by atoms with E-state index in [1.54, 1.807) is 24.0 Å². The first-order valence-corrected chi connectivity index (χ1v) is 7.59. The van der Waals surface area contributed by atoms with Crippen LogP contribution in [0.15, 0.2) is 30.3 Å². The molecule has 3 aromatic rings. The van der Waals surface area contributed by atoms with Crippen molar-refractivity contribution in [3.63, 3.8) is 0 Å². The van der Waals surface area contributed by atoms with E-state index in [2.05, 4.69) is 30.2 Å². The van der Waals surface area contributed by atoms with Gasteiger partial charge in [-0.05, 0) is 5.92 Å². The molecule has 7 nitrogen and oxygen atoms in total. The zero-order chi connectivity index (χ0) is 15.5. The number of anilines is 1. The largest absolute Gasteiger partial charge is 0.343 e. The lowest BCUT2D eigenvalue weighted by Gasteiger charge is -2.10. The van der Waals surface area contributed by atoms with Gasteiger partial charge >= 0.3 is 0 Å². The summed E-state index contributed by atoms with van der Waals surface area (Å²) in [5, 5.41) is 5.19. The highest BCUT2D eigenvalue weighted by molar-refractivity contribution is 7.13. The molecule has 0 saturated heterocycles. The fraction of sp³-hybridized carbons (Fsp3) is 0.214. The number of imidazole rings is 1. The summed E-state index contributed by atoms with van der Waals surface area (Å²) in [5.74, 6) is 0.549. The highest BCUT2D eigenvalue weighted by Crippen LogP contribution is 2.23. The van der Waals surface area contributed by atoms with Gasteiger partial charge < -0.3 is 10.3 Å². The summed E-state index contributed by atoms with van der Waals surface area (Å²) in [7, 11) is 0. The smallest absolute Gasteiger partial charge is 0.275 e. The lowest BCUT2D eigenvalue weighted by Crippen LogP contribution is -2.15. The fourth-order valence-electron chi connectivity index (χ4n) is 1.95. The van der Waals surface area contributed by atoms with E-state index in [4.69, 9.17) is 0 Å². The molecule has 0 bridgehead atoms. The van der Waals surface area contributed by atoms with Crippen LogP contribution in [0.4, 0.5) is 5.69 Å². The zero-order valence-electron chi connectivity index (χ0n) is 12.1. The Bertz CT molecular complexity index is 780. The minimum atomic E-state index is -0.286. The van der Waals surface area contributed by atoms with Crippen molar-refractivity contribution in [1.29, 1.82) is 0 Å². The Morgan fingerprint density at radius 2 is 2.23 bits per heavy atom. The Morgan fingerprint density at radius 3 is 2.95 bits per heavy atom. The van der Waals surface area contributed by atoms with E-state index in [0.717, 1.165) is 5.69 Å². The first-order chi connectivity index (χ1) is 10.6. The molecule has 3 rings (SSSR count). The molecule has 0 radical (unpaired) electrons. The topological polar surface area (TPSA) is 96.5 Å². The van der Waals surface area contributed by atoms with Gasteiger partial charge in [0.25, 0.3) is 5.91 Å². The van der Waals surface area contributed by atoms with E-state index in [1.165, 1.54) is 17.7 Å². The molecule has 0 aliphatic carbocycles. The molecule has 3 aromatic heterocycles. The van der Waals surface area contributed by atoms with Crippen LogP contribution in [0, 0.1) is 0 Å². The van der Waals surface area contributed by atoms with Crippen LogP contribution < -0.4 is 5.32 Å². The molecule has 22 heavy (non-hydrogen) atoms. The molecule has 0 unspecified atom stereocenters. The number of amides is 1. The molecule has 8 heteroatoms. The molecule has 0 aliphatic rings.